The number of hydrogen-bond donors (Lipinski definition) is 2. The van der Waals surface area contributed by atoms with Gasteiger partial charge in [0, 0.05) is 6.07 Å². The minimum absolute atomic E-state index is 0.0498. The summed E-state index contributed by atoms with van der Waals surface area (Å²) in [6.45, 7) is 0. The lowest BCUT2D eigenvalue weighted by Gasteiger charge is -2.05. The first-order valence-corrected chi connectivity index (χ1v) is 4.25. The highest BCUT2D eigenvalue weighted by Crippen LogP contribution is 2.25. The molecule has 1 aromatic heterocycles. The molecule has 0 fully saturated rings. The smallest absolute Gasteiger partial charge is 0.266 e. The van der Waals surface area contributed by atoms with Crippen LogP contribution in [-0.2, 0) is 0 Å². The van der Waals surface area contributed by atoms with Crippen LogP contribution < -0.4 is 10.5 Å². The third kappa shape index (κ3) is 1.34. The van der Waals surface area contributed by atoms with E-state index in [1.807, 2.05) is 0 Å². The van der Waals surface area contributed by atoms with E-state index in [1.165, 1.54) is 12.3 Å². The number of carbonyl (C=O) groups is 1. The third-order valence-corrected chi connectivity index (χ3v) is 2.17. The molecule has 1 heterocycles. The summed E-state index contributed by atoms with van der Waals surface area (Å²) in [5, 5.41) is 21.6. The van der Waals surface area contributed by atoms with E-state index in [9.17, 15) is 15.1 Å². The molecule has 76 valence electrons. The fraction of sp³-hybridized carbons (Fsp3) is 0. The molecule has 0 aliphatic heterocycles. The molecule has 15 heavy (non-hydrogen) atoms. The summed E-state index contributed by atoms with van der Waals surface area (Å²) in [4.78, 5) is 10.9. The normalized spacial score (nSPS) is 10.4. The van der Waals surface area contributed by atoms with Crippen molar-refractivity contribution in [2.75, 3.05) is 0 Å². The number of pyridine rings is 1. The van der Waals surface area contributed by atoms with Crippen LogP contribution in [0.15, 0.2) is 30.5 Å². The van der Waals surface area contributed by atoms with Crippen LogP contribution in [0.4, 0.5) is 0 Å². The van der Waals surface area contributed by atoms with E-state index in [4.69, 9.17) is 5.73 Å². The van der Waals surface area contributed by atoms with Crippen LogP contribution in [-0.4, -0.2) is 11.0 Å². The number of hydrogen-bond acceptors (Lipinski definition) is 3. The molecule has 1 amide bonds. The first-order chi connectivity index (χ1) is 7.11. The van der Waals surface area contributed by atoms with Crippen LogP contribution >= 0.6 is 0 Å². The Kier molecular flexibility index (Phi) is 1.93. The Balaban J connectivity index is 2.89. The number of phenols is 1. The standard InChI is InChI=1S/C10H8N2O3/c11-10(14)7-4-3-6-2-1-5-12(15)8(6)9(7)13/h1-5,13H,(H2,11,14). The Morgan fingerprint density at radius 2 is 2.13 bits per heavy atom. The van der Waals surface area contributed by atoms with Crippen LogP contribution in [0.3, 0.4) is 0 Å². The molecule has 5 heteroatoms. The van der Waals surface area contributed by atoms with Crippen molar-refractivity contribution in [3.05, 3.63) is 41.2 Å². The summed E-state index contributed by atoms with van der Waals surface area (Å²) in [5.41, 5.74) is 5.04. The van der Waals surface area contributed by atoms with Crippen molar-refractivity contribution in [2.24, 2.45) is 5.73 Å². The quantitative estimate of drug-likeness (QED) is 0.516. The predicted molar refractivity (Wildman–Crippen MR) is 53.1 cm³/mol. The summed E-state index contributed by atoms with van der Waals surface area (Å²) in [6.07, 6.45) is 1.24. The summed E-state index contributed by atoms with van der Waals surface area (Å²) >= 11 is 0. The van der Waals surface area contributed by atoms with Gasteiger partial charge in [-0.15, -0.1) is 0 Å². The van der Waals surface area contributed by atoms with Gasteiger partial charge >= 0.3 is 0 Å². The van der Waals surface area contributed by atoms with Crippen LogP contribution in [0.25, 0.3) is 10.9 Å². The Labute approximate surface area is 85.0 Å². The molecule has 5 nitrogen and oxygen atoms in total. The molecule has 0 aliphatic carbocycles. The van der Waals surface area contributed by atoms with Gasteiger partial charge in [0.1, 0.15) is 0 Å². The maximum absolute atomic E-state index is 11.4. The molecule has 0 atom stereocenters. The molecule has 0 bridgehead atoms. The van der Waals surface area contributed by atoms with E-state index in [0.717, 1.165) is 0 Å². The average molecular weight is 204 g/mol. The molecule has 0 saturated heterocycles. The van der Waals surface area contributed by atoms with Gasteiger partial charge in [0.2, 0.25) is 5.75 Å². The Morgan fingerprint density at radius 3 is 2.80 bits per heavy atom. The van der Waals surface area contributed by atoms with E-state index < -0.39 is 5.91 Å². The zero-order valence-corrected chi connectivity index (χ0v) is 7.68. The zero-order valence-electron chi connectivity index (χ0n) is 7.68. The van der Waals surface area contributed by atoms with E-state index in [0.29, 0.717) is 10.1 Å². The number of aromatic hydroxyl groups is 1. The van der Waals surface area contributed by atoms with Crippen LogP contribution in [0.5, 0.6) is 5.75 Å². The molecule has 0 aliphatic rings. The Hall–Kier alpha value is -2.30. The molecule has 0 spiro atoms. The van der Waals surface area contributed by atoms with Gasteiger partial charge in [-0.2, -0.15) is 4.73 Å². The molecule has 0 radical (unpaired) electrons. The van der Waals surface area contributed by atoms with Gasteiger partial charge in [0.05, 0.1) is 10.9 Å². The van der Waals surface area contributed by atoms with Gasteiger partial charge in [-0.05, 0) is 18.2 Å². The molecule has 2 rings (SSSR count). The molecular weight excluding hydrogens is 196 g/mol. The van der Waals surface area contributed by atoms with Crippen molar-refractivity contribution in [3.8, 4) is 5.75 Å². The largest absolute Gasteiger partial charge is 0.618 e. The first kappa shape index (κ1) is 9.26. The van der Waals surface area contributed by atoms with Gasteiger partial charge in [0.15, 0.2) is 6.20 Å². The number of primary amides is 1. The summed E-state index contributed by atoms with van der Waals surface area (Å²) < 4.78 is 0.497. The first-order valence-electron chi connectivity index (χ1n) is 4.25. The number of carbonyl (C=O) groups excluding carboxylic acids is 1. The second kappa shape index (κ2) is 3.13. The highest BCUT2D eigenvalue weighted by molar-refractivity contribution is 6.00. The highest BCUT2D eigenvalue weighted by atomic mass is 16.5. The van der Waals surface area contributed by atoms with Crippen molar-refractivity contribution < 1.29 is 14.6 Å². The Morgan fingerprint density at radius 1 is 1.40 bits per heavy atom. The number of nitrogens with two attached hydrogens (primary N) is 1. The van der Waals surface area contributed by atoms with Gasteiger partial charge in [-0.3, -0.25) is 4.79 Å². The molecule has 3 N–H and O–H groups in total. The second-order valence-electron chi connectivity index (χ2n) is 3.10. The van der Waals surface area contributed by atoms with Crippen molar-refractivity contribution in [1.29, 1.82) is 0 Å². The monoisotopic (exact) mass is 204 g/mol. The third-order valence-electron chi connectivity index (χ3n) is 2.17. The minimum Gasteiger partial charge on any atom is -0.618 e. The summed E-state index contributed by atoms with van der Waals surface area (Å²) in [6, 6.07) is 6.16. The zero-order chi connectivity index (χ0) is 11.0. The van der Waals surface area contributed by atoms with Crippen LogP contribution in [0.2, 0.25) is 0 Å². The van der Waals surface area contributed by atoms with Crippen molar-refractivity contribution in [3.63, 3.8) is 0 Å². The average Bonchev–Trinajstić information content (AvgIpc) is 2.17. The summed E-state index contributed by atoms with van der Waals surface area (Å²) in [7, 11) is 0. The van der Waals surface area contributed by atoms with Gasteiger partial charge in [-0.1, -0.05) is 0 Å². The number of nitrogens with zero attached hydrogens (tertiary/aromatic N) is 1. The molecular formula is C10H8N2O3. The molecule has 0 saturated carbocycles. The molecule has 1 aromatic carbocycles. The Bertz CT molecular complexity index is 552. The van der Waals surface area contributed by atoms with E-state index in [-0.39, 0.29) is 16.8 Å². The predicted octanol–water partition coefficient (Wildman–Crippen LogP) is 0.278. The summed E-state index contributed by atoms with van der Waals surface area (Å²) in [5.74, 6) is -1.14. The number of rotatable bonds is 1. The van der Waals surface area contributed by atoms with Crippen molar-refractivity contribution in [2.45, 2.75) is 0 Å². The van der Waals surface area contributed by atoms with Crippen molar-refractivity contribution in [1.82, 2.24) is 0 Å². The lowest BCUT2D eigenvalue weighted by atomic mass is 10.1. The number of aromatic nitrogens is 1. The molecule has 0 unspecified atom stereocenters. The second-order valence-corrected chi connectivity index (χ2v) is 3.10. The molecule has 2 aromatic rings. The number of fused-ring (bicyclic) bond motifs is 1. The van der Waals surface area contributed by atoms with Gasteiger partial charge < -0.3 is 16.0 Å². The van der Waals surface area contributed by atoms with E-state index in [2.05, 4.69) is 0 Å². The number of amides is 1. The van der Waals surface area contributed by atoms with E-state index in [1.54, 1.807) is 18.2 Å². The van der Waals surface area contributed by atoms with E-state index >= 15 is 0 Å². The highest BCUT2D eigenvalue weighted by Gasteiger charge is 2.16. The fourth-order valence-electron chi connectivity index (χ4n) is 1.46. The number of benzene rings is 1. The lowest BCUT2D eigenvalue weighted by molar-refractivity contribution is -0.577. The van der Waals surface area contributed by atoms with Crippen molar-refractivity contribution >= 4 is 16.8 Å². The van der Waals surface area contributed by atoms with Crippen LogP contribution in [0.1, 0.15) is 10.4 Å². The fourth-order valence-corrected chi connectivity index (χ4v) is 1.46. The lowest BCUT2D eigenvalue weighted by Crippen LogP contribution is -2.26. The van der Waals surface area contributed by atoms with Gasteiger partial charge in [-0.25, -0.2) is 0 Å². The topological polar surface area (TPSA) is 90.3 Å². The van der Waals surface area contributed by atoms with Crippen LogP contribution in [0, 0.1) is 5.21 Å². The van der Waals surface area contributed by atoms with Gasteiger partial charge in [0.25, 0.3) is 11.4 Å². The maximum Gasteiger partial charge on any atom is 0.266 e. The maximum atomic E-state index is 11.4. The minimum atomic E-state index is -0.766. The SMILES string of the molecule is NC(=O)c1ccc2ccc[n+]([O-])c2c1O.